The molecule has 0 fully saturated rings. The number of benzene rings is 1. The maximum atomic E-state index is 12.6. The zero-order valence-corrected chi connectivity index (χ0v) is 11.5. The summed E-state index contributed by atoms with van der Waals surface area (Å²) in [5.41, 5.74) is 0.801. The molecule has 1 aliphatic heterocycles. The van der Waals surface area contributed by atoms with E-state index in [4.69, 9.17) is 5.14 Å². The Labute approximate surface area is 115 Å². The quantitative estimate of drug-likeness (QED) is 0.917. The second-order valence-electron chi connectivity index (χ2n) is 4.87. The van der Waals surface area contributed by atoms with Gasteiger partial charge in [-0.2, -0.15) is 13.2 Å². The lowest BCUT2D eigenvalue weighted by molar-refractivity contribution is -0.137. The van der Waals surface area contributed by atoms with Crippen LogP contribution in [0.4, 0.5) is 13.2 Å². The smallest absolute Gasteiger partial charge is 0.298 e. The van der Waals surface area contributed by atoms with Crippen LogP contribution in [0.2, 0.25) is 0 Å². The summed E-state index contributed by atoms with van der Waals surface area (Å²) in [5, 5.41) is 4.93. The van der Waals surface area contributed by atoms with Gasteiger partial charge in [0, 0.05) is 19.6 Å². The van der Waals surface area contributed by atoms with Crippen molar-refractivity contribution in [1.82, 2.24) is 4.90 Å². The molecule has 0 radical (unpaired) electrons. The molecule has 2 rings (SSSR count). The summed E-state index contributed by atoms with van der Waals surface area (Å²) in [6.45, 7) is 1.16. The number of rotatable bonds is 3. The van der Waals surface area contributed by atoms with Crippen molar-refractivity contribution in [1.29, 1.82) is 0 Å². The molecular weight excluding hydrogens is 293 g/mol. The van der Waals surface area contributed by atoms with E-state index in [1.807, 2.05) is 0 Å². The largest absolute Gasteiger partial charge is 0.416 e. The van der Waals surface area contributed by atoms with Crippen LogP contribution in [-0.4, -0.2) is 32.2 Å². The summed E-state index contributed by atoms with van der Waals surface area (Å²) in [6, 6.07) is 3.71. The van der Waals surface area contributed by atoms with Crippen LogP contribution in [0.1, 0.15) is 16.7 Å². The van der Waals surface area contributed by atoms with Crippen molar-refractivity contribution in [3.05, 3.63) is 34.9 Å². The van der Waals surface area contributed by atoms with E-state index in [-0.39, 0.29) is 12.3 Å². The van der Waals surface area contributed by atoms with Crippen LogP contribution < -0.4 is 5.14 Å². The van der Waals surface area contributed by atoms with Gasteiger partial charge < -0.3 is 0 Å². The van der Waals surface area contributed by atoms with Gasteiger partial charge in [0.2, 0.25) is 10.0 Å². The Morgan fingerprint density at radius 2 is 1.95 bits per heavy atom. The lowest BCUT2D eigenvalue weighted by atomic mass is 9.97. The van der Waals surface area contributed by atoms with E-state index in [1.165, 1.54) is 6.07 Å². The molecule has 1 aliphatic rings. The van der Waals surface area contributed by atoms with Gasteiger partial charge in [0.25, 0.3) is 0 Å². The van der Waals surface area contributed by atoms with Crippen molar-refractivity contribution < 1.29 is 21.6 Å². The minimum atomic E-state index is -4.36. The van der Waals surface area contributed by atoms with E-state index < -0.39 is 21.8 Å². The molecule has 1 aromatic rings. The Morgan fingerprint density at radius 1 is 1.25 bits per heavy atom. The Hall–Kier alpha value is -1.12. The predicted molar refractivity (Wildman–Crippen MR) is 68.4 cm³/mol. The van der Waals surface area contributed by atoms with Crippen LogP contribution in [0, 0.1) is 0 Å². The van der Waals surface area contributed by atoms with Gasteiger partial charge in [-0.25, -0.2) is 13.6 Å². The molecule has 0 amide bonds. The summed E-state index contributed by atoms with van der Waals surface area (Å²) >= 11 is 0. The zero-order valence-electron chi connectivity index (χ0n) is 10.7. The van der Waals surface area contributed by atoms with Crippen LogP contribution in [-0.2, 0) is 29.2 Å². The number of hydrogen-bond acceptors (Lipinski definition) is 3. The summed E-state index contributed by atoms with van der Waals surface area (Å²) in [6.07, 6.45) is -3.75. The van der Waals surface area contributed by atoms with Crippen molar-refractivity contribution in [2.45, 2.75) is 19.1 Å². The molecule has 0 unspecified atom stereocenters. The van der Waals surface area contributed by atoms with Gasteiger partial charge in [0.1, 0.15) is 0 Å². The molecule has 0 aromatic heterocycles. The van der Waals surface area contributed by atoms with Crippen LogP contribution in [0.3, 0.4) is 0 Å². The minimum Gasteiger partial charge on any atom is -0.298 e. The maximum Gasteiger partial charge on any atom is 0.416 e. The third-order valence-corrected chi connectivity index (χ3v) is 4.07. The zero-order chi connectivity index (χ0) is 15.0. The first-order valence-corrected chi connectivity index (χ1v) is 7.78. The summed E-state index contributed by atoms with van der Waals surface area (Å²) in [7, 11) is -3.55. The first-order valence-electron chi connectivity index (χ1n) is 6.07. The number of halogens is 3. The molecule has 1 heterocycles. The number of nitrogens with two attached hydrogens (primary N) is 1. The van der Waals surface area contributed by atoms with Crippen molar-refractivity contribution in [3.8, 4) is 0 Å². The first kappa shape index (κ1) is 15.3. The molecule has 0 spiro atoms. The fourth-order valence-electron chi connectivity index (χ4n) is 2.24. The molecule has 112 valence electrons. The van der Waals surface area contributed by atoms with E-state index in [9.17, 15) is 21.6 Å². The van der Waals surface area contributed by atoms with Crippen LogP contribution >= 0.6 is 0 Å². The van der Waals surface area contributed by atoms with Crippen molar-refractivity contribution >= 4 is 10.0 Å². The molecule has 8 heteroatoms. The van der Waals surface area contributed by atoms with Gasteiger partial charge in [-0.3, -0.25) is 4.90 Å². The third kappa shape index (κ3) is 3.94. The van der Waals surface area contributed by atoms with Crippen molar-refractivity contribution in [3.63, 3.8) is 0 Å². The first-order chi connectivity index (χ1) is 9.15. The second-order valence-corrected chi connectivity index (χ2v) is 6.61. The lowest BCUT2D eigenvalue weighted by Gasteiger charge is -2.29. The van der Waals surface area contributed by atoms with Gasteiger partial charge in [-0.15, -0.1) is 0 Å². The number of fused-ring (bicyclic) bond motifs is 1. The number of hydrogen-bond donors (Lipinski definition) is 1. The normalized spacial score (nSPS) is 17.0. The van der Waals surface area contributed by atoms with Crippen molar-refractivity contribution in [2.75, 3.05) is 18.8 Å². The van der Waals surface area contributed by atoms with Gasteiger partial charge in [-0.1, -0.05) is 6.07 Å². The molecule has 20 heavy (non-hydrogen) atoms. The monoisotopic (exact) mass is 308 g/mol. The second kappa shape index (κ2) is 5.34. The van der Waals surface area contributed by atoms with E-state index in [2.05, 4.69) is 0 Å². The average Bonchev–Trinajstić information content (AvgIpc) is 2.33. The fraction of sp³-hybridized carbons (Fsp3) is 0.500. The topological polar surface area (TPSA) is 63.4 Å². The van der Waals surface area contributed by atoms with Gasteiger partial charge in [0.15, 0.2) is 0 Å². The maximum absolute atomic E-state index is 12.6. The highest BCUT2D eigenvalue weighted by molar-refractivity contribution is 7.89. The molecule has 4 nitrogen and oxygen atoms in total. The van der Waals surface area contributed by atoms with E-state index >= 15 is 0 Å². The van der Waals surface area contributed by atoms with Gasteiger partial charge >= 0.3 is 6.18 Å². The molecule has 2 N–H and O–H groups in total. The van der Waals surface area contributed by atoms with Crippen LogP contribution in [0.25, 0.3) is 0 Å². The molecule has 0 atom stereocenters. The van der Waals surface area contributed by atoms with Crippen molar-refractivity contribution in [2.24, 2.45) is 5.14 Å². The Bertz CT molecular complexity index is 599. The summed E-state index contributed by atoms with van der Waals surface area (Å²) in [5.74, 6) is -0.193. The number of nitrogens with zero attached hydrogens (tertiary/aromatic N) is 1. The fourth-order valence-corrected chi connectivity index (χ4v) is 2.75. The minimum absolute atomic E-state index is 0.193. The highest BCUT2D eigenvalue weighted by Gasteiger charge is 2.31. The van der Waals surface area contributed by atoms with Crippen LogP contribution in [0.5, 0.6) is 0 Å². The van der Waals surface area contributed by atoms with E-state index in [0.29, 0.717) is 25.1 Å². The van der Waals surface area contributed by atoms with Gasteiger partial charge in [0.05, 0.1) is 11.3 Å². The van der Waals surface area contributed by atoms with Crippen LogP contribution in [0.15, 0.2) is 18.2 Å². The molecular formula is C12H15F3N2O2S. The molecule has 0 aliphatic carbocycles. The summed E-state index contributed by atoms with van der Waals surface area (Å²) < 4.78 is 59.8. The molecule has 0 saturated heterocycles. The third-order valence-electron chi connectivity index (χ3n) is 3.32. The SMILES string of the molecule is NS(=O)(=O)CCN1CCc2ccc(C(F)(F)F)cc2C1. The van der Waals surface area contributed by atoms with Gasteiger partial charge in [-0.05, 0) is 29.7 Å². The molecule has 0 bridgehead atoms. The Morgan fingerprint density at radius 3 is 2.55 bits per heavy atom. The highest BCUT2D eigenvalue weighted by Crippen LogP contribution is 2.32. The Balaban J connectivity index is 2.12. The standard InChI is InChI=1S/C12H15F3N2O2S/c13-12(14,15)11-2-1-9-3-4-17(8-10(9)7-11)5-6-20(16,18)19/h1-2,7H,3-6,8H2,(H2,16,18,19). The molecule has 0 saturated carbocycles. The highest BCUT2D eigenvalue weighted by atomic mass is 32.2. The van der Waals surface area contributed by atoms with E-state index in [1.54, 1.807) is 4.90 Å². The number of sulfonamides is 1. The predicted octanol–water partition coefficient (Wildman–Crippen LogP) is 1.35. The molecule has 1 aromatic carbocycles. The summed E-state index contributed by atoms with van der Waals surface area (Å²) in [4.78, 5) is 1.80. The number of alkyl halides is 3. The van der Waals surface area contributed by atoms with E-state index in [0.717, 1.165) is 17.7 Å². The lowest BCUT2D eigenvalue weighted by Crippen LogP contribution is -2.35. The average molecular weight is 308 g/mol. The number of primary sulfonamides is 1. The Kier molecular flexibility index (Phi) is 4.08.